The second-order valence-electron chi connectivity index (χ2n) is 6.48. The number of aromatic nitrogens is 4. The molecule has 0 amide bonds. The van der Waals surface area contributed by atoms with E-state index in [0.29, 0.717) is 31.3 Å². The fourth-order valence-electron chi connectivity index (χ4n) is 3.41. The average Bonchev–Trinajstić information content (AvgIpc) is 3.21. The lowest BCUT2D eigenvalue weighted by Gasteiger charge is -2.24. The van der Waals surface area contributed by atoms with Gasteiger partial charge < -0.3 is 9.88 Å². The standard InChI is InChI=1S/C17H18F3N5/c18-17(19,20)14-10-25-9-11(4-5-15(25)23-14)6-21-7-12-2-1-3-13-8-22-24-16(12)13/h1-3,8,10-11,21H,4-7,9H2,(H,22,24)/t11-/m1/s1. The van der Waals surface area contributed by atoms with Crippen LogP contribution in [-0.4, -0.2) is 26.3 Å². The molecule has 1 atom stereocenters. The predicted octanol–water partition coefficient (Wildman–Crippen LogP) is 3.13. The van der Waals surface area contributed by atoms with Crippen molar-refractivity contribution >= 4 is 10.9 Å². The van der Waals surface area contributed by atoms with Gasteiger partial charge in [-0.25, -0.2) is 4.98 Å². The van der Waals surface area contributed by atoms with E-state index in [1.54, 1.807) is 10.8 Å². The highest BCUT2D eigenvalue weighted by molar-refractivity contribution is 5.81. The van der Waals surface area contributed by atoms with Gasteiger partial charge in [-0.2, -0.15) is 18.3 Å². The summed E-state index contributed by atoms with van der Waals surface area (Å²) in [6.07, 6.45) is -0.0272. The molecule has 0 bridgehead atoms. The van der Waals surface area contributed by atoms with Crippen LogP contribution in [-0.2, 0) is 25.7 Å². The van der Waals surface area contributed by atoms with Crippen molar-refractivity contribution in [2.24, 2.45) is 5.92 Å². The third-order valence-electron chi connectivity index (χ3n) is 4.69. The van der Waals surface area contributed by atoms with Gasteiger partial charge in [-0.05, 0) is 24.4 Å². The third kappa shape index (κ3) is 3.26. The lowest BCUT2D eigenvalue weighted by Crippen LogP contribution is -2.29. The van der Waals surface area contributed by atoms with Crippen LogP contribution in [0.5, 0.6) is 0 Å². The quantitative estimate of drug-likeness (QED) is 0.761. The lowest BCUT2D eigenvalue weighted by molar-refractivity contribution is -0.141. The van der Waals surface area contributed by atoms with Gasteiger partial charge >= 0.3 is 6.18 Å². The molecule has 1 aliphatic rings. The summed E-state index contributed by atoms with van der Waals surface area (Å²) in [6, 6.07) is 6.03. The number of benzene rings is 1. The summed E-state index contributed by atoms with van der Waals surface area (Å²) < 4.78 is 39.9. The highest BCUT2D eigenvalue weighted by Crippen LogP contribution is 2.30. The average molecular weight is 349 g/mol. The van der Waals surface area contributed by atoms with Gasteiger partial charge in [-0.1, -0.05) is 18.2 Å². The first kappa shape index (κ1) is 16.1. The Bertz CT molecular complexity index is 880. The first-order valence-corrected chi connectivity index (χ1v) is 8.25. The second kappa shape index (κ2) is 6.18. The van der Waals surface area contributed by atoms with Gasteiger partial charge in [0.2, 0.25) is 0 Å². The minimum atomic E-state index is -4.37. The molecule has 0 radical (unpaired) electrons. The highest BCUT2D eigenvalue weighted by Gasteiger charge is 2.35. The second-order valence-corrected chi connectivity index (χ2v) is 6.48. The third-order valence-corrected chi connectivity index (χ3v) is 4.69. The molecule has 5 nitrogen and oxygen atoms in total. The molecule has 1 aliphatic heterocycles. The Kier molecular flexibility index (Phi) is 3.99. The minimum absolute atomic E-state index is 0.295. The van der Waals surface area contributed by atoms with Gasteiger partial charge in [0, 0.05) is 31.1 Å². The van der Waals surface area contributed by atoms with Crippen molar-refractivity contribution in [1.29, 1.82) is 0 Å². The van der Waals surface area contributed by atoms with Gasteiger partial charge in [-0.15, -0.1) is 0 Å². The molecule has 2 N–H and O–H groups in total. The molecule has 4 rings (SSSR count). The fourth-order valence-corrected chi connectivity index (χ4v) is 3.41. The molecule has 3 aromatic rings. The van der Waals surface area contributed by atoms with E-state index in [0.717, 1.165) is 35.6 Å². The fraction of sp³-hybridized carbons (Fsp3) is 0.412. The van der Waals surface area contributed by atoms with Crippen molar-refractivity contribution in [2.75, 3.05) is 6.54 Å². The van der Waals surface area contributed by atoms with Crippen LogP contribution in [0.3, 0.4) is 0 Å². The van der Waals surface area contributed by atoms with E-state index < -0.39 is 11.9 Å². The highest BCUT2D eigenvalue weighted by atomic mass is 19.4. The number of para-hydroxylation sites is 1. The number of nitrogens with zero attached hydrogens (tertiary/aromatic N) is 3. The smallest absolute Gasteiger partial charge is 0.334 e. The Balaban J connectivity index is 1.37. The molecule has 2 aromatic heterocycles. The largest absolute Gasteiger partial charge is 0.434 e. The van der Waals surface area contributed by atoms with E-state index in [2.05, 4.69) is 20.5 Å². The van der Waals surface area contributed by atoms with Gasteiger partial charge in [-0.3, -0.25) is 5.10 Å². The van der Waals surface area contributed by atoms with Gasteiger partial charge in [0.1, 0.15) is 5.82 Å². The minimum Gasteiger partial charge on any atom is -0.334 e. The molecule has 0 unspecified atom stereocenters. The number of fused-ring (bicyclic) bond motifs is 2. The van der Waals surface area contributed by atoms with Crippen LogP contribution in [0.1, 0.15) is 23.5 Å². The van der Waals surface area contributed by atoms with Crippen molar-refractivity contribution in [2.45, 2.75) is 32.1 Å². The molecule has 25 heavy (non-hydrogen) atoms. The Morgan fingerprint density at radius 3 is 3.04 bits per heavy atom. The summed E-state index contributed by atoms with van der Waals surface area (Å²) in [6.45, 7) is 2.02. The molecule has 0 fully saturated rings. The monoisotopic (exact) mass is 349 g/mol. The molecule has 132 valence electrons. The number of H-pyrrole nitrogens is 1. The topological polar surface area (TPSA) is 58.5 Å². The lowest BCUT2D eigenvalue weighted by atomic mass is 9.99. The summed E-state index contributed by atoms with van der Waals surface area (Å²) in [5, 5.41) is 11.5. The van der Waals surface area contributed by atoms with E-state index in [9.17, 15) is 13.2 Å². The van der Waals surface area contributed by atoms with Crippen LogP contribution in [0.4, 0.5) is 13.2 Å². The predicted molar refractivity (Wildman–Crippen MR) is 86.8 cm³/mol. The molecule has 3 heterocycles. The van der Waals surface area contributed by atoms with Crippen LogP contribution in [0.2, 0.25) is 0 Å². The molecule has 0 saturated heterocycles. The summed E-state index contributed by atoms with van der Waals surface area (Å²) in [5.74, 6) is 0.828. The van der Waals surface area contributed by atoms with E-state index in [-0.39, 0.29) is 0 Å². The van der Waals surface area contributed by atoms with Crippen molar-refractivity contribution in [1.82, 2.24) is 25.1 Å². The van der Waals surface area contributed by atoms with Crippen molar-refractivity contribution in [3.63, 3.8) is 0 Å². The van der Waals surface area contributed by atoms with Gasteiger partial charge in [0.05, 0.1) is 11.7 Å². The van der Waals surface area contributed by atoms with Crippen LogP contribution in [0.25, 0.3) is 10.9 Å². The molecule has 0 spiro atoms. The number of imidazole rings is 1. The first-order valence-electron chi connectivity index (χ1n) is 8.25. The SMILES string of the molecule is FC(F)(F)c1cn2c(n1)CC[C@H](CNCc1cccc3cn[nH]c13)C2. The van der Waals surface area contributed by atoms with Crippen LogP contribution in [0, 0.1) is 5.92 Å². The number of halogens is 3. The van der Waals surface area contributed by atoms with Gasteiger partial charge in [0.25, 0.3) is 0 Å². The van der Waals surface area contributed by atoms with E-state index in [1.807, 2.05) is 18.2 Å². The van der Waals surface area contributed by atoms with Crippen molar-refractivity contribution < 1.29 is 13.2 Å². The summed E-state index contributed by atoms with van der Waals surface area (Å²) in [4.78, 5) is 3.72. The maximum Gasteiger partial charge on any atom is 0.434 e. The molecule has 0 aliphatic carbocycles. The Labute approximate surface area is 142 Å². The summed E-state index contributed by atoms with van der Waals surface area (Å²) in [7, 11) is 0. The molecular weight excluding hydrogens is 331 g/mol. The number of aromatic amines is 1. The summed E-state index contributed by atoms with van der Waals surface area (Å²) in [5.41, 5.74) is 1.36. The van der Waals surface area contributed by atoms with Crippen LogP contribution >= 0.6 is 0 Å². The molecular formula is C17H18F3N5. The van der Waals surface area contributed by atoms with E-state index >= 15 is 0 Å². The first-order chi connectivity index (χ1) is 12.0. The Morgan fingerprint density at radius 2 is 2.20 bits per heavy atom. The van der Waals surface area contributed by atoms with Gasteiger partial charge in [0.15, 0.2) is 5.69 Å². The number of aryl methyl sites for hydroxylation is 1. The zero-order valence-corrected chi connectivity index (χ0v) is 13.5. The maximum atomic E-state index is 12.8. The van der Waals surface area contributed by atoms with E-state index in [4.69, 9.17) is 0 Å². The number of nitrogens with one attached hydrogen (secondary N) is 2. The summed E-state index contributed by atoms with van der Waals surface area (Å²) >= 11 is 0. The Morgan fingerprint density at radius 1 is 1.32 bits per heavy atom. The van der Waals surface area contributed by atoms with Crippen molar-refractivity contribution in [3.05, 3.63) is 47.7 Å². The zero-order valence-electron chi connectivity index (χ0n) is 13.5. The molecule has 1 aromatic carbocycles. The van der Waals surface area contributed by atoms with Crippen LogP contribution < -0.4 is 5.32 Å². The number of hydrogen-bond donors (Lipinski definition) is 2. The maximum absolute atomic E-state index is 12.8. The zero-order chi connectivity index (χ0) is 17.4. The number of hydrogen-bond acceptors (Lipinski definition) is 3. The molecule has 0 saturated carbocycles. The van der Waals surface area contributed by atoms with Crippen LogP contribution in [0.15, 0.2) is 30.6 Å². The Hall–Kier alpha value is -2.35. The molecule has 8 heteroatoms. The normalized spacial score (nSPS) is 17.8. The van der Waals surface area contributed by atoms with E-state index in [1.165, 1.54) is 0 Å². The number of alkyl halides is 3. The number of rotatable bonds is 4. The van der Waals surface area contributed by atoms with Crippen molar-refractivity contribution in [3.8, 4) is 0 Å².